The monoisotopic (exact) mass is 628 g/mol. The highest BCUT2D eigenvalue weighted by atomic mass is 15.2. The van der Waals surface area contributed by atoms with Gasteiger partial charge < -0.3 is 9.80 Å². The van der Waals surface area contributed by atoms with Crippen LogP contribution in [-0.4, -0.2) is 0 Å². The molecule has 0 radical (unpaired) electrons. The van der Waals surface area contributed by atoms with Crippen LogP contribution in [0.25, 0.3) is 32.7 Å². The van der Waals surface area contributed by atoms with Gasteiger partial charge in [-0.3, -0.25) is 0 Å². The van der Waals surface area contributed by atoms with E-state index in [1.807, 2.05) is 0 Å². The molecular weight excluding hydrogens is 593 g/mol. The lowest BCUT2D eigenvalue weighted by Crippen LogP contribution is -2.21. The highest BCUT2D eigenvalue weighted by Crippen LogP contribution is 2.55. The quantitative estimate of drug-likeness (QED) is 0.169. The molecule has 1 aliphatic rings. The predicted molar refractivity (Wildman–Crippen MR) is 208 cm³/mol. The molecule has 0 aliphatic heterocycles. The average Bonchev–Trinajstić information content (AvgIpc) is 3.38. The summed E-state index contributed by atoms with van der Waals surface area (Å²) in [5, 5.41) is 5.17. The number of anilines is 6. The van der Waals surface area contributed by atoms with Crippen LogP contribution in [0.5, 0.6) is 0 Å². The van der Waals surface area contributed by atoms with Crippen LogP contribution >= 0.6 is 0 Å². The number of hydrogen-bond acceptors (Lipinski definition) is 2. The van der Waals surface area contributed by atoms with Crippen LogP contribution in [0, 0.1) is 0 Å². The first-order valence-electron chi connectivity index (χ1n) is 17.0. The van der Waals surface area contributed by atoms with Gasteiger partial charge in [0.25, 0.3) is 0 Å². The van der Waals surface area contributed by atoms with Crippen molar-refractivity contribution in [3.8, 4) is 11.1 Å². The smallest absolute Gasteiger partial charge is 0.0508 e. The molecular formula is C47H36N2. The summed E-state index contributed by atoms with van der Waals surface area (Å²) in [5.41, 5.74) is 11.9. The minimum Gasteiger partial charge on any atom is -0.310 e. The van der Waals surface area contributed by atoms with Gasteiger partial charge >= 0.3 is 0 Å². The third kappa shape index (κ3) is 4.79. The van der Waals surface area contributed by atoms with E-state index in [4.69, 9.17) is 0 Å². The zero-order valence-electron chi connectivity index (χ0n) is 27.7. The number of fused-ring (bicyclic) bond motifs is 6. The van der Waals surface area contributed by atoms with Crippen molar-refractivity contribution in [3.63, 3.8) is 0 Å². The molecule has 0 amide bonds. The molecule has 8 aromatic carbocycles. The van der Waals surface area contributed by atoms with E-state index >= 15 is 0 Å². The summed E-state index contributed by atoms with van der Waals surface area (Å²) < 4.78 is 0. The standard InChI is InChI=1S/C47H36N2/c1-47(2)44-32-42-34(29-28-33-16-12-13-25-40(33)42)30-43(44)41-26-15-27-45(46(41)47)49(37-21-10-5-11-22-37)39-24-14-23-38(31-39)48(35-17-6-3-7-18-35)36-19-8-4-9-20-36/h3-32H,1-2H3. The second-order valence-electron chi connectivity index (χ2n) is 13.4. The second kappa shape index (κ2) is 11.5. The lowest BCUT2D eigenvalue weighted by Gasteiger charge is -2.33. The number of nitrogens with zero attached hydrogens (tertiary/aromatic N) is 2. The Kier molecular flexibility index (Phi) is 6.84. The van der Waals surface area contributed by atoms with Crippen molar-refractivity contribution in [3.05, 3.63) is 193 Å². The number of para-hydroxylation sites is 3. The van der Waals surface area contributed by atoms with E-state index in [0.717, 1.165) is 28.4 Å². The molecule has 8 aromatic rings. The van der Waals surface area contributed by atoms with Crippen LogP contribution < -0.4 is 9.80 Å². The summed E-state index contributed by atoms with van der Waals surface area (Å²) in [7, 11) is 0. The SMILES string of the molecule is CC1(C)c2cc3c(ccc4ccccc43)cc2-c2cccc(N(c3ccccc3)c3cccc(N(c4ccccc4)c4ccccc4)c3)c21. The lowest BCUT2D eigenvalue weighted by molar-refractivity contribution is 0.661. The van der Waals surface area contributed by atoms with E-state index in [9.17, 15) is 0 Å². The van der Waals surface area contributed by atoms with Crippen molar-refractivity contribution < 1.29 is 0 Å². The first-order valence-corrected chi connectivity index (χ1v) is 17.0. The van der Waals surface area contributed by atoms with Gasteiger partial charge in [0.2, 0.25) is 0 Å². The molecule has 2 nitrogen and oxygen atoms in total. The second-order valence-corrected chi connectivity index (χ2v) is 13.4. The van der Waals surface area contributed by atoms with Gasteiger partial charge in [-0.25, -0.2) is 0 Å². The van der Waals surface area contributed by atoms with Crippen molar-refractivity contribution >= 4 is 55.7 Å². The zero-order valence-corrected chi connectivity index (χ0v) is 27.7. The zero-order chi connectivity index (χ0) is 33.0. The maximum Gasteiger partial charge on any atom is 0.0508 e. The van der Waals surface area contributed by atoms with Gasteiger partial charge in [-0.2, -0.15) is 0 Å². The fourth-order valence-electron chi connectivity index (χ4n) is 7.91. The average molecular weight is 629 g/mol. The van der Waals surface area contributed by atoms with Crippen molar-refractivity contribution in [1.29, 1.82) is 0 Å². The number of hydrogen-bond donors (Lipinski definition) is 0. The van der Waals surface area contributed by atoms with Crippen molar-refractivity contribution in [2.24, 2.45) is 0 Å². The molecule has 0 aromatic heterocycles. The maximum atomic E-state index is 2.46. The molecule has 49 heavy (non-hydrogen) atoms. The largest absolute Gasteiger partial charge is 0.310 e. The van der Waals surface area contributed by atoms with Gasteiger partial charge in [-0.05, 0) is 117 Å². The molecule has 0 heterocycles. The van der Waals surface area contributed by atoms with E-state index in [0.29, 0.717) is 0 Å². The van der Waals surface area contributed by atoms with Crippen molar-refractivity contribution in [2.75, 3.05) is 9.80 Å². The highest BCUT2D eigenvalue weighted by Gasteiger charge is 2.39. The predicted octanol–water partition coefficient (Wildman–Crippen LogP) is 13.2. The van der Waals surface area contributed by atoms with Crippen LogP contribution in [-0.2, 0) is 5.41 Å². The maximum absolute atomic E-state index is 2.46. The van der Waals surface area contributed by atoms with E-state index < -0.39 is 0 Å². The number of rotatable bonds is 6. The summed E-state index contributed by atoms with van der Waals surface area (Å²) in [5.74, 6) is 0. The summed E-state index contributed by atoms with van der Waals surface area (Å²) in [6, 6.07) is 65.9. The van der Waals surface area contributed by atoms with Crippen LogP contribution in [0.1, 0.15) is 25.0 Å². The fraction of sp³-hybridized carbons (Fsp3) is 0.0638. The van der Waals surface area contributed by atoms with Gasteiger partial charge in [0, 0.05) is 33.9 Å². The summed E-state index contributed by atoms with van der Waals surface area (Å²) >= 11 is 0. The molecule has 0 N–H and O–H groups in total. The van der Waals surface area contributed by atoms with Gasteiger partial charge in [0.1, 0.15) is 0 Å². The third-order valence-electron chi connectivity index (χ3n) is 10.1. The topological polar surface area (TPSA) is 6.48 Å². The molecule has 1 aliphatic carbocycles. The molecule has 0 saturated heterocycles. The molecule has 0 fully saturated rings. The Morgan fingerprint density at radius 2 is 0.898 bits per heavy atom. The number of benzene rings is 8. The Hall–Kier alpha value is -6.12. The molecule has 0 spiro atoms. The Labute approximate surface area is 288 Å². The van der Waals surface area contributed by atoms with Crippen molar-refractivity contribution in [2.45, 2.75) is 19.3 Å². The van der Waals surface area contributed by atoms with Crippen LogP contribution in [0.3, 0.4) is 0 Å². The minimum absolute atomic E-state index is 0.225. The normalized spacial score (nSPS) is 12.9. The van der Waals surface area contributed by atoms with Crippen LogP contribution in [0.2, 0.25) is 0 Å². The summed E-state index contributed by atoms with van der Waals surface area (Å²) in [6.45, 7) is 4.79. The Morgan fingerprint density at radius 3 is 1.57 bits per heavy atom. The van der Waals surface area contributed by atoms with Crippen molar-refractivity contribution in [1.82, 2.24) is 0 Å². The van der Waals surface area contributed by atoms with Crippen LogP contribution in [0.4, 0.5) is 34.1 Å². The Bertz CT molecular complexity index is 2430. The van der Waals surface area contributed by atoms with E-state index in [1.54, 1.807) is 0 Å². The van der Waals surface area contributed by atoms with E-state index in [-0.39, 0.29) is 5.41 Å². The molecule has 234 valence electrons. The van der Waals surface area contributed by atoms with Gasteiger partial charge in [0.15, 0.2) is 0 Å². The molecule has 0 unspecified atom stereocenters. The first kappa shape index (κ1) is 29.1. The summed E-state index contributed by atoms with van der Waals surface area (Å²) in [6.07, 6.45) is 0. The molecule has 2 heteroatoms. The fourth-order valence-corrected chi connectivity index (χ4v) is 7.91. The van der Waals surface area contributed by atoms with Crippen LogP contribution in [0.15, 0.2) is 182 Å². The summed E-state index contributed by atoms with van der Waals surface area (Å²) in [4.78, 5) is 4.77. The molecule has 0 atom stereocenters. The van der Waals surface area contributed by atoms with Gasteiger partial charge in [0.05, 0.1) is 5.69 Å². The molecule has 9 rings (SSSR count). The van der Waals surface area contributed by atoms with Gasteiger partial charge in [-0.15, -0.1) is 0 Å². The minimum atomic E-state index is -0.225. The van der Waals surface area contributed by atoms with Gasteiger partial charge in [-0.1, -0.05) is 123 Å². The third-order valence-corrected chi connectivity index (χ3v) is 10.1. The Balaban J connectivity index is 1.24. The highest BCUT2D eigenvalue weighted by molar-refractivity contribution is 6.10. The molecule has 0 saturated carbocycles. The lowest BCUT2D eigenvalue weighted by atomic mass is 9.80. The first-order chi connectivity index (χ1) is 24.1. The van der Waals surface area contributed by atoms with E-state index in [2.05, 4.69) is 206 Å². The van der Waals surface area contributed by atoms with E-state index in [1.165, 1.54) is 49.5 Å². The Morgan fingerprint density at radius 1 is 0.367 bits per heavy atom. The molecule has 0 bridgehead atoms.